The summed E-state index contributed by atoms with van der Waals surface area (Å²) in [6.45, 7) is 0. The van der Waals surface area contributed by atoms with Crippen molar-refractivity contribution >= 4 is 34.8 Å². The zero-order valence-electron chi connectivity index (χ0n) is 14.8. The van der Waals surface area contributed by atoms with E-state index in [1.54, 1.807) is 30.3 Å². The third-order valence-electron chi connectivity index (χ3n) is 3.90. The summed E-state index contributed by atoms with van der Waals surface area (Å²) < 4.78 is 39.8. The molecule has 0 saturated carbocycles. The van der Waals surface area contributed by atoms with Gasteiger partial charge < -0.3 is 10.6 Å². The van der Waals surface area contributed by atoms with Crippen LogP contribution in [0.5, 0.6) is 0 Å². The lowest BCUT2D eigenvalue weighted by molar-refractivity contribution is -0.137. The molecular weight excluding hydrogens is 405 g/mol. The van der Waals surface area contributed by atoms with Crippen LogP contribution >= 0.6 is 11.6 Å². The van der Waals surface area contributed by atoms with Crippen molar-refractivity contribution in [3.8, 4) is 0 Å². The first-order chi connectivity index (χ1) is 13.7. The molecule has 0 spiro atoms. The Labute approximate surface area is 169 Å². The van der Waals surface area contributed by atoms with Crippen LogP contribution in [0.15, 0.2) is 72.8 Å². The SMILES string of the molecule is O=C(Nc1cc(NC(=O)c2cccc(Cl)c2)cc(C(F)(F)F)c1)c1ccccc1. The molecule has 2 amide bonds. The van der Waals surface area contributed by atoms with E-state index >= 15 is 0 Å². The van der Waals surface area contributed by atoms with Gasteiger partial charge in [-0.1, -0.05) is 35.9 Å². The Bertz CT molecular complexity index is 1050. The summed E-state index contributed by atoms with van der Waals surface area (Å²) >= 11 is 5.84. The average molecular weight is 419 g/mol. The molecule has 0 bridgehead atoms. The van der Waals surface area contributed by atoms with Gasteiger partial charge in [0.1, 0.15) is 0 Å². The minimum atomic E-state index is -4.66. The summed E-state index contributed by atoms with van der Waals surface area (Å²) in [5.41, 5.74) is -0.757. The molecule has 148 valence electrons. The fourth-order valence-corrected chi connectivity index (χ4v) is 2.75. The molecule has 0 saturated heterocycles. The van der Waals surface area contributed by atoms with Crippen LogP contribution in [-0.4, -0.2) is 11.8 Å². The Hall–Kier alpha value is -3.32. The predicted molar refractivity (Wildman–Crippen MR) is 105 cm³/mol. The third kappa shape index (κ3) is 5.36. The van der Waals surface area contributed by atoms with Crippen LogP contribution in [-0.2, 0) is 6.18 Å². The highest BCUT2D eigenvalue weighted by molar-refractivity contribution is 6.31. The Morgan fingerprint density at radius 2 is 1.28 bits per heavy atom. The molecule has 0 radical (unpaired) electrons. The monoisotopic (exact) mass is 418 g/mol. The van der Waals surface area contributed by atoms with Gasteiger partial charge in [0.25, 0.3) is 11.8 Å². The predicted octanol–water partition coefficient (Wildman–Crippen LogP) is 5.86. The zero-order chi connectivity index (χ0) is 21.0. The van der Waals surface area contributed by atoms with E-state index in [-0.39, 0.29) is 22.5 Å². The summed E-state index contributed by atoms with van der Waals surface area (Å²) in [5, 5.41) is 5.14. The maximum absolute atomic E-state index is 13.3. The van der Waals surface area contributed by atoms with Gasteiger partial charge in [-0.15, -0.1) is 0 Å². The lowest BCUT2D eigenvalue weighted by atomic mass is 10.1. The largest absolute Gasteiger partial charge is 0.416 e. The van der Waals surface area contributed by atoms with Crippen molar-refractivity contribution in [1.82, 2.24) is 0 Å². The smallest absolute Gasteiger partial charge is 0.322 e. The Kier molecular flexibility index (Phi) is 5.89. The number of halogens is 4. The highest BCUT2D eigenvalue weighted by Gasteiger charge is 2.31. The van der Waals surface area contributed by atoms with Gasteiger partial charge in [0.15, 0.2) is 0 Å². The first-order valence-electron chi connectivity index (χ1n) is 8.38. The van der Waals surface area contributed by atoms with E-state index in [9.17, 15) is 22.8 Å². The van der Waals surface area contributed by atoms with Gasteiger partial charge in [-0.3, -0.25) is 9.59 Å². The fourth-order valence-electron chi connectivity index (χ4n) is 2.56. The van der Waals surface area contributed by atoms with E-state index in [1.165, 1.54) is 30.3 Å². The van der Waals surface area contributed by atoms with E-state index in [1.807, 2.05) is 0 Å². The number of alkyl halides is 3. The molecule has 0 unspecified atom stereocenters. The van der Waals surface area contributed by atoms with Gasteiger partial charge in [-0.05, 0) is 48.5 Å². The van der Waals surface area contributed by atoms with Gasteiger partial charge in [0.2, 0.25) is 0 Å². The molecule has 3 aromatic carbocycles. The van der Waals surface area contributed by atoms with Crippen LogP contribution in [0.25, 0.3) is 0 Å². The van der Waals surface area contributed by atoms with Crippen molar-refractivity contribution in [3.05, 3.63) is 94.5 Å². The molecule has 0 atom stereocenters. The van der Waals surface area contributed by atoms with Gasteiger partial charge in [0.05, 0.1) is 5.56 Å². The molecule has 0 aromatic heterocycles. The standard InChI is InChI=1S/C21H14ClF3N2O2/c22-16-8-4-7-14(9-16)20(29)27-18-11-15(21(23,24)25)10-17(12-18)26-19(28)13-5-2-1-3-6-13/h1-12H,(H,26,28)(H,27,29). The Balaban J connectivity index is 1.89. The molecule has 0 heterocycles. The molecule has 0 fully saturated rings. The van der Waals surface area contributed by atoms with Crippen molar-refractivity contribution in [2.45, 2.75) is 6.18 Å². The molecule has 0 aliphatic carbocycles. The maximum atomic E-state index is 13.3. The van der Waals surface area contributed by atoms with Crippen LogP contribution in [0, 0.1) is 0 Å². The minimum Gasteiger partial charge on any atom is -0.322 e. The minimum absolute atomic E-state index is 0.102. The number of carbonyl (C=O) groups excluding carboxylic acids is 2. The summed E-state index contributed by atoms with van der Waals surface area (Å²) in [6.07, 6.45) is -4.66. The van der Waals surface area contributed by atoms with E-state index < -0.39 is 23.6 Å². The van der Waals surface area contributed by atoms with Crippen molar-refractivity contribution in [2.24, 2.45) is 0 Å². The van der Waals surface area contributed by atoms with Gasteiger partial charge in [-0.25, -0.2) is 0 Å². The molecular formula is C21H14ClF3N2O2. The van der Waals surface area contributed by atoms with Crippen LogP contribution in [0.2, 0.25) is 5.02 Å². The Morgan fingerprint density at radius 3 is 1.83 bits per heavy atom. The summed E-state index contributed by atoms with van der Waals surface area (Å²) in [7, 11) is 0. The number of anilines is 2. The topological polar surface area (TPSA) is 58.2 Å². The molecule has 2 N–H and O–H groups in total. The molecule has 3 rings (SSSR count). The number of hydrogen-bond donors (Lipinski definition) is 2. The number of hydrogen-bond acceptors (Lipinski definition) is 2. The highest BCUT2D eigenvalue weighted by atomic mass is 35.5. The fraction of sp³-hybridized carbons (Fsp3) is 0.0476. The second-order valence-corrected chi connectivity index (χ2v) is 6.52. The van der Waals surface area contributed by atoms with Crippen molar-refractivity contribution in [2.75, 3.05) is 10.6 Å². The van der Waals surface area contributed by atoms with Crippen molar-refractivity contribution < 1.29 is 22.8 Å². The number of benzene rings is 3. The van der Waals surface area contributed by atoms with Gasteiger partial charge in [0, 0.05) is 27.5 Å². The van der Waals surface area contributed by atoms with Gasteiger partial charge >= 0.3 is 6.18 Å². The number of rotatable bonds is 4. The van der Waals surface area contributed by atoms with E-state index in [0.29, 0.717) is 5.02 Å². The van der Waals surface area contributed by atoms with E-state index in [4.69, 9.17) is 11.6 Å². The van der Waals surface area contributed by atoms with Crippen LogP contribution in [0.1, 0.15) is 26.3 Å². The number of nitrogens with one attached hydrogen (secondary N) is 2. The molecule has 29 heavy (non-hydrogen) atoms. The average Bonchev–Trinajstić information content (AvgIpc) is 2.67. The van der Waals surface area contributed by atoms with Crippen molar-refractivity contribution in [3.63, 3.8) is 0 Å². The van der Waals surface area contributed by atoms with Crippen molar-refractivity contribution in [1.29, 1.82) is 0 Å². The number of carbonyl (C=O) groups is 2. The highest BCUT2D eigenvalue weighted by Crippen LogP contribution is 2.33. The molecule has 0 aliphatic heterocycles. The van der Waals surface area contributed by atoms with E-state index in [0.717, 1.165) is 12.1 Å². The molecule has 8 heteroatoms. The molecule has 3 aromatic rings. The maximum Gasteiger partial charge on any atom is 0.416 e. The third-order valence-corrected chi connectivity index (χ3v) is 4.13. The normalized spacial score (nSPS) is 11.0. The van der Waals surface area contributed by atoms with Gasteiger partial charge in [-0.2, -0.15) is 13.2 Å². The number of amides is 2. The second-order valence-electron chi connectivity index (χ2n) is 6.08. The second kappa shape index (κ2) is 8.36. The lowest BCUT2D eigenvalue weighted by Crippen LogP contribution is -2.16. The first-order valence-corrected chi connectivity index (χ1v) is 8.76. The molecule has 4 nitrogen and oxygen atoms in total. The van der Waals surface area contributed by atoms with Crippen LogP contribution < -0.4 is 10.6 Å². The van der Waals surface area contributed by atoms with Crippen LogP contribution in [0.3, 0.4) is 0 Å². The summed E-state index contributed by atoms with van der Waals surface area (Å²) in [6, 6.07) is 16.9. The van der Waals surface area contributed by atoms with Crippen LogP contribution in [0.4, 0.5) is 24.5 Å². The first kappa shape index (κ1) is 20.4. The quantitative estimate of drug-likeness (QED) is 0.557. The zero-order valence-corrected chi connectivity index (χ0v) is 15.5. The Morgan fingerprint density at radius 1 is 0.724 bits per heavy atom. The summed E-state index contributed by atoms with van der Waals surface area (Å²) in [4.78, 5) is 24.6. The summed E-state index contributed by atoms with van der Waals surface area (Å²) in [5.74, 6) is -1.20. The van der Waals surface area contributed by atoms with E-state index in [2.05, 4.69) is 10.6 Å². The lowest BCUT2D eigenvalue weighted by Gasteiger charge is -2.14. The molecule has 0 aliphatic rings.